The zero-order valence-corrected chi connectivity index (χ0v) is 8.11. The van der Waals surface area contributed by atoms with E-state index in [1.807, 2.05) is 0 Å². The lowest BCUT2D eigenvalue weighted by Crippen LogP contribution is -2.46. The van der Waals surface area contributed by atoms with E-state index >= 15 is 0 Å². The summed E-state index contributed by atoms with van der Waals surface area (Å²) in [7, 11) is 0. The van der Waals surface area contributed by atoms with Crippen molar-refractivity contribution < 1.29 is 14.7 Å². The van der Waals surface area contributed by atoms with Gasteiger partial charge in [0.25, 0.3) is 0 Å². The molecule has 2 rings (SSSR count). The van der Waals surface area contributed by atoms with Crippen LogP contribution in [0.1, 0.15) is 25.7 Å². The lowest BCUT2D eigenvalue weighted by molar-refractivity contribution is -0.128. The molecule has 0 aromatic carbocycles. The third-order valence-corrected chi connectivity index (χ3v) is 3.42. The molecule has 2 fully saturated rings. The molecule has 4 heteroatoms. The average Bonchev–Trinajstić information content (AvgIpc) is 2.17. The predicted octanol–water partition coefficient (Wildman–Crippen LogP) is 1.36. The summed E-state index contributed by atoms with van der Waals surface area (Å²) in [5, 5.41) is 8.84. The van der Waals surface area contributed by atoms with Crippen molar-refractivity contribution in [1.29, 1.82) is 0 Å². The van der Waals surface area contributed by atoms with Gasteiger partial charge in [0.15, 0.2) is 0 Å². The van der Waals surface area contributed by atoms with E-state index in [9.17, 15) is 9.59 Å². The summed E-state index contributed by atoms with van der Waals surface area (Å²) < 4.78 is 0. The molecule has 1 aliphatic carbocycles. The Morgan fingerprint density at radius 2 is 2.21 bits per heavy atom. The quantitative estimate of drug-likeness (QED) is 0.637. The van der Waals surface area contributed by atoms with Gasteiger partial charge in [-0.05, 0) is 25.2 Å². The second-order valence-corrected chi connectivity index (χ2v) is 4.24. The number of nitrogens with zero attached hydrogens (tertiary/aromatic N) is 1. The molecule has 0 aromatic rings. The zero-order chi connectivity index (χ0) is 10.1. The van der Waals surface area contributed by atoms with Gasteiger partial charge in [-0.25, -0.2) is 4.79 Å². The molecule has 0 aromatic heterocycles. The van der Waals surface area contributed by atoms with Crippen molar-refractivity contribution in [2.45, 2.75) is 25.7 Å². The third-order valence-electron chi connectivity index (χ3n) is 3.42. The normalized spacial score (nSPS) is 32.6. The lowest BCUT2D eigenvalue weighted by atomic mass is 9.74. The minimum atomic E-state index is -0.846. The minimum Gasteiger partial charge on any atom is -0.465 e. The fourth-order valence-electron chi connectivity index (χ4n) is 2.65. The molecule has 1 N–H and O–H groups in total. The SMILES string of the molecule is O=C1CCC[C@H]2CN(C(=O)O)CC[C@@H]12. The highest BCUT2D eigenvalue weighted by atomic mass is 16.4. The summed E-state index contributed by atoms with van der Waals surface area (Å²) in [5.74, 6) is 0.798. The number of carbonyl (C=O) groups is 2. The van der Waals surface area contributed by atoms with Crippen LogP contribution in [-0.2, 0) is 4.79 Å². The molecule has 2 aliphatic rings. The molecule has 14 heavy (non-hydrogen) atoms. The van der Waals surface area contributed by atoms with Crippen LogP contribution in [0.15, 0.2) is 0 Å². The molecule has 1 aliphatic heterocycles. The predicted molar refractivity (Wildman–Crippen MR) is 50.1 cm³/mol. The number of piperidine rings is 1. The maximum absolute atomic E-state index is 11.5. The molecule has 1 heterocycles. The minimum absolute atomic E-state index is 0.152. The maximum atomic E-state index is 11.5. The molecule has 0 spiro atoms. The summed E-state index contributed by atoms with van der Waals surface area (Å²) in [6.45, 7) is 1.09. The molecule has 0 radical (unpaired) electrons. The van der Waals surface area contributed by atoms with Crippen molar-refractivity contribution in [2.75, 3.05) is 13.1 Å². The highest BCUT2D eigenvalue weighted by Crippen LogP contribution is 2.33. The zero-order valence-electron chi connectivity index (χ0n) is 8.11. The van der Waals surface area contributed by atoms with Gasteiger partial charge in [-0.15, -0.1) is 0 Å². The van der Waals surface area contributed by atoms with Crippen molar-refractivity contribution in [2.24, 2.45) is 11.8 Å². The van der Waals surface area contributed by atoms with Crippen LogP contribution in [0.25, 0.3) is 0 Å². The Kier molecular flexibility index (Phi) is 2.44. The highest BCUT2D eigenvalue weighted by Gasteiger charge is 2.37. The fourth-order valence-corrected chi connectivity index (χ4v) is 2.65. The first kappa shape index (κ1) is 9.49. The number of likely N-dealkylation sites (tertiary alicyclic amines) is 1. The molecular formula is C10H15NO3. The molecule has 78 valence electrons. The van der Waals surface area contributed by atoms with Crippen LogP contribution in [0.4, 0.5) is 4.79 Å². The molecule has 1 saturated carbocycles. The van der Waals surface area contributed by atoms with E-state index in [4.69, 9.17) is 5.11 Å². The van der Waals surface area contributed by atoms with Gasteiger partial charge in [-0.3, -0.25) is 4.79 Å². The summed E-state index contributed by atoms with van der Waals surface area (Å²) in [5.41, 5.74) is 0. The van der Waals surface area contributed by atoms with Crippen LogP contribution < -0.4 is 0 Å². The smallest absolute Gasteiger partial charge is 0.407 e. The van der Waals surface area contributed by atoms with Crippen LogP contribution in [0.3, 0.4) is 0 Å². The number of ketones is 1. The Hall–Kier alpha value is -1.06. The van der Waals surface area contributed by atoms with E-state index in [0.717, 1.165) is 19.3 Å². The van der Waals surface area contributed by atoms with E-state index in [0.29, 0.717) is 31.2 Å². The Bertz CT molecular complexity index is 264. The van der Waals surface area contributed by atoms with E-state index in [1.165, 1.54) is 4.90 Å². The number of hydrogen-bond acceptors (Lipinski definition) is 2. The number of fused-ring (bicyclic) bond motifs is 1. The van der Waals surface area contributed by atoms with Crippen LogP contribution in [0.2, 0.25) is 0 Å². The number of hydrogen-bond donors (Lipinski definition) is 1. The Labute approximate surface area is 82.9 Å². The monoisotopic (exact) mass is 197 g/mol. The van der Waals surface area contributed by atoms with Crippen LogP contribution in [0.5, 0.6) is 0 Å². The van der Waals surface area contributed by atoms with Crippen molar-refractivity contribution in [1.82, 2.24) is 4.90 Å². The van der Waals surface area contributed by atoms with Gasteiger partial charge in [-0.1, -0.05) is 0 Å². The average molecular weight is 197 g/mol. The molecule has 0 bridgehead atoms. The number of carbonyl (C=O) groups excluding carboxylic acids is 1. The van der Waals surface area contributed by atoms with Crippen molar-refractivity contribution >= 4 is 11.9 Å². The van der Waals surface area contributed by atoms with Crippen LogP contribution in [-0.4, -0.2) is 35.0 Å². The van der Waals surface area contributed by atoms with Gasteiger partial charge in [0.1, 0.15) is 5.78 Å². The Morgan fingerprint density at radius 3 is 2.93 bits per heavy atom. The third kappa shape index (κ3) is 1.61. The first-order valence-corrected chi connectivity index (χ1v) is 5.19. The molecule has 1 amide bonds. The second-order valence-electron chi connectivity index (χ2n) is 4.24. The largest absolute Gasteiger partial charge is 0.465 e. The molecular weight excluding hydrogens is 182 g/mol. The summed E-state index contributed by atoms with van der Waals surface area (Å²) in [6.07, 6.45) is 2.54. The van der Waals surface area contributed by atoms with E-state index < -0.39 is 6.09 Å². The fraction of sp³-hybridized carbons (Fsp3) is 0.800. The summed E-state index contributed by atoms with van der Waals surface area (Å²) >= 11 is 0. The van der Waals surface area contributed by atoms with Crippen molar-refractivity contribution in [3.05, 3.63) is 0 Å². The first-order chi connectivity index (χ1) is 6.68. The van der Waals surface area contributed by atoms with Gasteiger partial charge in [0, 0.05) is 25.4 Å². The number of Topliss-reactive ketones (excluding diaryl/α,β-unsaturated/α-hetero) is 1. The number of carboxylic acid groups (broad SMARTS) is 1. The van der Waals surface area contributed by atoms with Crippen molar-refractivity contribution in [3.63, 3.8) is 0 Å². The molecule has 0 unspecified atom stereocenters. The van der Waals surface area contributed by atoms with Gasteiger partial charge < -0.3 is 10.0 Å². The van der Waals surface area contributed by atoms with Crippen LogP contribution >= 0.6 is 0 Å². The number of amides is 1. The highest BCUT2D eigenvalue weighted by molar-refractivity contribution is 5.82. The topological polar surface area (TPSA) is 57.6 Å². The first-order valence-electron chi connectivity index (χ1n) is 5.19. The lowest BCUT2D eigenvalue weighted by Gasteiger charge is -2.39. The van der Waals surface area contributed by atoms with E-state index in [1.54, 1.807) is 0 Å². The maximum Gasteiger partial charge on any atom is 0.407 e. The van der Waals surface area contributed by atoms with Gasteiger partial charge in [0.05, 0.1) is 0 Å². The molecule has 1 saturated heterocycles. The standard InChI is InChI=1S/C10H15NO3/c12-9-3-1-2-7-6-11(10(13)14)5-4-8(7)9/h7-8H,1-6H2,(H,13,14)/t7-,8+/m0/s1. The molecule has 4 nitrogen and oxygen atoms in total. The number of rotatable bonds is 0. The van der Waals surface area contributed by atoms with Crippen molar-refractivity contribution in [3.8, 4) is 0 Å². The van der Waals surface area contributed by atoms with E-state index in [2.05, 4.69) is 0 Å². The Balaban J connectivity index is 2.03. The van der Waals surface area contributed by atoms with Gasteiger partial charge in [-0.2, -0.15) is 0 Å². The van der Waals surface area contributed by atoms with Crippen LogP contribution in [0, 0.1) is 11.8 Å². The van der Waals surface area contributed by atoms with E-state index in [-0.39, 0.29) is 5.92 Å². The van der Waals surface area contributed by atoms with Gasteiger partial charge in [0.2, 0.25) is 0 Å². The van der Waals surface area contributed by atoms with Gasteiger partial charge >= 0.3 is 6.09 Å². The summed E-state index contributed by atoms with van der Waals surface area (Å²) in [4.78, 5) is 23.7. The second kappa shape index (κ2) is 3.59. The Morgan fingerprint density at radius 1 is 1.43 bits per heavy atom. The summed E-state index contributed by atoms with van der Waals surface area (Å²) in [6, 6.07) is 0. The molecule has 2 atom stereocenters.